The van der Waals surface area contributed by atoms with Crippen LogP contribution in [0.5, 0.6) is 0 Å². The second kappa shape index (κ2) is 9.63. The van der Waals surface area contributed by atoms with E-state index < -0.39 is 17.2 Å². The predicted octanol–water partition coefficient (Wildman–Crippen LogP) is 5.99. The van der Waals surface area contributed by atoms with E-state index in [0.29, 0.717) is 5.56 Å². The van der Waals surface area contributed by atoms with E-state index in [2.05, 4.69) is 40.0 Å². The molecule has 0 atom stereocenters. The fourth-order valence-electron chi connectivity index (χ4n) is 4.83. The predicted molar refractivity (Wildman–Crippen MR) is 149 cm³/mol. The lowest BCUT2D eigenvalue weighted by Gasteiger charge is -2.22. The Hall–Kier alpha value is -4.13. The van der Waals surface area contributed by atoms with Gasteiger partial charge >= 0.3 is 6.09 Å². The number of carbonyl (C=O) groups excluding carboxylic acids is 2. The van der Waals surface area contributed by atoms with Gasteiger partial charge in [0.2, 0.25) is 0 Å². The molecule has 1 saturated carbocycles. The first-order chi connectivity index (χ1) is 18.0. The second-order valence-corrected chi connectivity index (χ2v) is 11.2. The summed E-state index contributed by atoms with van der Waals surface area (Å²) in [6.07, 6.45) is 5.13. The number of nitrogens with zero attached hydrogens (tertiary/aromatic N) is 2. The molecule has 2 N–H and O–H groups in total. The lowest BCUT2D eigenvalue weighted by molar-refractivity contribution is 0.0523. The van der Waals surface area contributed by atoms with Crippen LogP contribution in [0.3, 0.4) is 0 Å². The summed E-state index contributed by atoms with van der Waals surface area (Å²) in [5, 5.41) is 12.8. The van der Waals surface area contributed by atoms with E-state index in [1.807, 2.05) is 77.5 Å². The fraction of sp³-hybridized carbons (Fsp3) is 0.323. The number of hydrogen-bond donors (Lipinski definition) is 2. The van der Waals surface area contributed by atoms with Crippen LogP contribution in [0.2, 0.25) is 0 Å². The zero-order valence-corrected chi connectivity index (χ0v) is 22.6. The van der Waals surface area contributed by atoms with Gasteiger partial charge in [-0.25, -0.2) is 4.79 Å². The van der Waals surface area contributed by atoms with Crippen molar-refractivity contribution >= 4 is 22.8 Å². The highest BCUT2D eigenvalue weighted by Gasteiger charge is 2.47. The largest absolute Gasteiger partial charge is 0.444 e. The number of carbonyl (C=O) groups is 2. The van der Waals surface area contributed by atoms with Gasteiger partial charge in [0.25, 0.3) is 5.91 Å². The van der Waals surface area contributed by atoms with E-state index in [1.165, 1.54) is 0 Å². The second-order valence-electron chi connectivity index (χ2n) is 11.2. The number of rotatable bonds is 6. The Labute approximate surface area is 223 Å². The number of benzene rings is 3. The van der Waals surface area contributed by atoms with Gasteiger partial charge in [-0.3, -0.25) is 9.48 Å². The van der Waals surface area contributed by atoms with Crippen molar-refractivity contribution in [2.24, 2.45) is 7.05 Å². The molecule has 1 aliphatic carbocycles. The SMILES string of the molecule is Cc1ccc(CNC(=O)OC(C)(C)C)cc1C(=O)NC1(c2cc(-c3cnn(C)c3)cc3ccccc23)CC1. The highest BCUT2D eigenvalue weighted by molar-refractivity contribution is 5.98. The summed E-state index contributed by atoms with van der Waals surface area (Å²) in [5.74, 6) is -0.116. The van der Waals surface area contributed by atoms with E-state index in [4.69, 9.17) is 4.74 Å². The molecule has 0 bridgehead atoms. The average Bonchev–Trinajstić information content (AvgIpc) is 3.51. The van der Waals surface area contributed by atoms with Crippen molar-refractivity contribution < 1.29 is 14.3 Å². The molecular formula is C31H34N4O3. The molecule has 0 spiro atoms. The first kappa shape index (κ1) is 25.5. The molecule has 2 amide bonds. The summed E-state index contributed by atoms with van der Waals surface area (Å²) < 4.78 is 7.13. The molecule has 0 aliphatic heterocycles. The molecular weight excluding hydrogens is 476 g/mol. The maximum absolute atomic E-state index is 13.6. The van der Waals surface area contributed by atoms with Crippen LogP contribution in [0.1, 0.15) is 60.7 Å². The molecule has 1 aliphatic rings. The molecule has 0 saturated heterocycles. The third kappa shape index (κ3) is 5.42. The van der Waals surface area contributed by atoms with Crippen molar-refractivity contribution in [3.05, 3.63) is 89.2 Å². The Morgan fingerprint density at radius 2 is 1.82 bits per heavy atom. The molecule has 38 heavy (non-hydrogen) atoms. The molecule has 3 aromatic carbocycles. The van der Waals surface area contributed by atoms with Crippen molar-refractivity contribution in [2.75, 3.05) is 0 Å². The summed E-state index contributed by atoms with van der Waals surface area (Å²) >= 11 is 0. The van der Waals surface area contributed by atoms with Crippen molar-refractivity contribution in [3.63, 3.8) is 0 Å². The first-order valence-corrected chi connectivity index (χ1v) is 12.9. The number of fused-ring (bicyclic) bond motifs is 1. The van der Waals surface area contributed by atoms with Crippen LogP contribution in [0.4, 0.5) is 4.79 Å². The summed E-state index contributed by atoms with van der Waals surface area (Å²) in [4.78, 5) is 25.7. The van der Waals surface area contributed by atoms with Gasteiger partial charge in [0, 0.05) is 30.9 Å². The van der Waals surface area contributed by atoms with Crippen LogP contribution < -0.4 is 10.6 Å². The van der Waals surface area contributed by atoms with E-state index in [9.17, 15) is 9.59 Å². The molecule has 196 valence electrons. The van der Waals surface area contributed by atoms with E-state index in [1.54, 1.807) is 4.68 Å². The van der Waals surface area contributed by atoms with Gasteiger partial charge in [-0.1, -0.05) is 36.4 Å². The van der Waals surface area contributed by atoms with E-state index in [0.717, 1.165) is 51.4 Å². The maximum Gasteiger partial charge on any atom is 0.407 e. The van der Waals surface area contributed by atoms with E-state index in [-0.39, 0.29) is 12.5 Å². The minimum atomic E-state index is -0.570. The van der Waals surface area contributed by atoms with Gasteiger partial charge in [-0.05, 0) is 91.8 Å². The first-order valence-electron chi connectivity index (χ1n) is 12.9. The lowest BCUT2D eigenvalue weighted by atomic mass is 9.92. The van der Waals surface area contributed by atoms with Gasteiger partial charge in [0.1, 0.15) is 5.60 Å². The smallest absolute Gasteiger partial charge is 0.407 e. The minimum absolute atomic E-state index is 0.116. The zero-order valence-electron chi connectivity index (χ0n) is 22.6. The Morgan fingerprint density at radius 1 is 1.05 bits per heavy atom. The summed E-state index contributed by atoms with van der Waals surface area (Å²) in [6.45, 7) is 7.68. The normalized spacial score (nSPS) is 14.2. The van der Waals surface area contributed by atoms with Crippen LogP contribution in [0.15, 0.2) is 67.0 Å². The molecule has 1 heterocycles. The molecule has 4 aromatic rings. The van der Waals surface area contributed by atoms with Crippen LogP contribution >= 0.6 is 0 Å². The number of aryl methyl sites for hydroxylation is 2. The number of nitrogens with one attached hydrogen (secondary N) is 2. The third-order valence-corrected chi connectivity index (χ3v) is 6.90. The molecule has 0 radical (unpaired) electrons. The van der Waals surface area contributed by atoms with Crippen LogP contribution in [0, 0.1) is 6.92 Å². The maximum atomic E-state index is 13.6. The summed E-state index contributed by atoms with van der Waals surface area (Å²) in [6, 6.07) is 18.4. The minimum Gasteiger partial charge on any atom is -0.444 e. The van der Waals surface area contributed by atoms with Gasteiger partial charge < -0.3 is 15.4 Å². The summed E-state index contributed by atoms with van der Waals surface area (Å²) in [7, 11) is 1.91. The number of aromatic nitrogens is 2. The van der Waals surface area contributed by atoms with Gasteiger partial charge in [-0.2, -0.15) is 5.10 Å². The summed E-state index contributed by atoms with van der Waals surface area (Å²) in [5.41, 5.74) is 4.58. The van der Waals surface area contributed by atoms with Crippen molar-refractivity contribution in [2.45, 2.75) is 58.2 Å². The highest BCUT2D eigenvalue weighted by Crippen LogP contribution is 2.49. The van der Waals surface area contributed by atoms with Crippen LogP contribution in [0.25, 0.3) is 21.9 Å². The molecule has 0 unspecified atom stereocenters. The number of amides is 2. The highest BCUT2D eigenvalue weighted by atomic mass is 16.6. The van der Waals surface area contributed by atoms with Crippen LogP contribution in [-0.2, 0) is 23.9 Å². The van der Waals surface area contributed by atoms with Gasteiger partial charge in [0.05, 0.1) is 11.7 Å². The Bertz CT molecular complexity index is 1530. The van der Waals surface area contributed by atoms with E-state index >= 15 is 0 Å². The molecule has 7 nitrogen and oxygen atoms in total. The van der Waals surface area contributed by atoms with Gasteiger partial charge in [-0.15, -0.1) is 0 Å². The standard InChI is InChI=1S/C31H34N4O3/c1-20-10-11-21(17-32-29(37)38-30(2,3)4)14-26(20)28(36)34-31(12-13-31)27-16-23(24-18-33-35(5)19-24)15-22-8-6-7-9-25(22)27/h6-11,14-16,18-19H,12-13,17H2,1-5H3,(H,32,37)(H,34,36). The molecule has 7 heteroatoms. The number of alkyl carbamates (subject to hydrolysis) is 1. The Kier molecular flexibility index (Phi) is 6.47. The molecule has 5 rings (SSSR count). The third-order valence-electron chi connectivity index (χ3n) is 6.90. The van der Waals surface area contributed by atoms with Crippen molar-refractivity contribution in [3.8, 4) is 11.1 Å². The molecule has 1 fully saturated rings. The number of hydrogen-bond acceptors (Lipinski definition) is 4. The Morgan fingerprint density at radius 3 is 2.50 bits per heavy atom. The lowest BCUT2D eigenvalue weighted by Crippen LogP contribution is -2.35. The average molecular weight is 511 g/mol. The fourth-order valence-corrected chi connectivity index (χ4v) is 4.83. The zero-order chi connectivity index (χ0) is 27.1. The molecule has 1 aromatic heterocycles. The van der Waals surface area contributed by atoms with Crippen molar-refractivity contribution in [1.29, 1.82) is 0 Å². The van der Waals surface area contributed by atoms with Crippen LogP contribution in [-0.4, -0.2) is 27.4 Å². The number of ether oxygens (including phenoxy) is 1. The monoisotopic (exact) mass is 510 g/mol. The Balaban J connectivity index is 1.41. The topological polar surface area (TPSA) is 85.2 Å². The van der Waals surface area contributed by atoms with Gasteiger partial charge in [0.15, 0.2) is 0 Å². The van der Waals surface area contributed by atoms with Crippen molar-refractivity contribution in [1.82, 2.24) is 20.4 Å². The quantitative estimate of drug-likeness (QED) is 0.334.